The van der Waals surface area contributed by atoms with E-state index in [0.29, 0.717) is 27.2 Å². The molecule has 0 saturated heterocycles. The molecule has 1 unspecified atom stereocenters. The third-order valence-corrected chi connectivity index (χ3v) is 4.27. The Balaban J connectivity index is 1.90. The van der Waals surface area contributed by atoms with E-state index in [1.807, 2.05) is 6.07 Å². The van der Waals surface area contributed by atoms with Gasteiger partial charge in [0.15, 0.2) is 5.82 Å². The number of carbonyl (C=O) groups excluding carboxylic acids is 1. The number of benzene rings is 2. The highest BCUT2D eigenvalue weighted by Crippen LogP contribution is 2.30. The molecule has 140 valence electrons. The zero-order chi connectivity index (χ0) is 20.1. The molecular formula is C19H13Cl2N5O2. The van der Waals surface area contributed by atoms with Gasteiger partial charge in [0.25, 0.3) is 0 Å². The van der Waals surface area contributed by atoms with Crippen LogP contribution in [0.4, 0.5) is 5.82 Å². The topological polar surface area (TPSA) is 92.6 Å². The van der Waals surface area contributed by atoms with Crippen LogP contribution in [-0.2, 0) is 0 Å². The number of azo groups is 1. The first-order valence-corrected chi connectivity index (χ1v) is 8.78. The fourth-order valence-electron chi connectivity index (χ4n) is 2.38. The number of hydrogen-bond acceptors (Lipinski definition) is 6. The monoisotopic (exact) mass is 413 g/mol. The number of aromatic nitrogens is 2. The van der Waals surface area contributed by atoms with Gasteiger partial charge in [-0.05, 0) is 18.2 Å². The summed E-state index contributed by atoms with van der Waals surface area (Å²) in [6, 6.07) is 15.4. The summed E-state index contributed by atoms with van der Waals surface area (Å²) in [7, 11) is 1.46. The van der Waals surface area contributed by atoms with E-state index in [9.17, 15) is 10.1 Å². The molecule has 0 spiro atoms. The van der Waals surface area contributed by atoms with Crippen LogP contribution in [0.3, 0.4) is 0 Å². The summed E-state index contributed by atoms with van der Waals surface area (Å²) in [5, 5.41) is 22.2. The summed E-state index contributed by atoms with van der Waals surface area (Å²) in [5.41, 5.74) is 0.867. The second kappa shape index (κ2) is 8.65. The Kier molecular flexibility index (Phi) is 6.04. The molecule has 0 fully saturated rings. The molecule has 3 rings (SSSR count). The molecule has 0 bridgehead atoms. The van der Waals surface area contributed by atoms with Gasteiger partial charge < -0.3 is 4.74 Å². The molecule has 0 radical (unpaired) electrons. The minimum atomic E-state index is -1.28. The number of Topliss-reactive ketones (excluding diaryl/α,β-unsaturated/α-hetero) is 1. The van der Waals surface area contributed by atoms with Crippen LogP contribution in [0.1, 0.15) is 10.4 Å². The van der Waals surface area contributed by atoms with E-state index in [1.54, 1.807) is 48.5 Å². The Hall–Kier alpha value is -3.21. The van der Waals surface area contributed by atoms with Crippen molar-refractivity contribution in [3.05, 3.63) is 70.2 Å². The lowest BCUT2D eigenvalue weighted by atomic mass is 10.1. The first kappa shape index (κ1) is 19.5. The predicted molar refractivity (Wildman–Crippen MR) is 105 cm³/mol. The van der Waals surface area contributed by atoms with Crippen molar-refractivity contribution in [2.45, 2.75) is 6.04 Å². The van der Waals surface area contributed by atoms with Gasteiger partial charge in [-0.2, -0.15) is 15.1 Å². The molecule has 0 saturated carbocycles. The molecule has 0 aliphatic carbocycles. The minimum Gasteiger partial charge on any atom is -0.481 e. The summed E-state index contributed by atoms with van der Waals surface area (Å²) in [4.78, 5) is 12.4. The third kappa shape index (κ3) is 4.19. The first-order valence-electron chi connectivity index (χ1n) is 8.02. The highest BCUT2D eigenvalue weighted by Gasteiger charge is 2.19. The molecule has 9 heteroatoms. The van der Waals surface area contributed by atoms with Gasteiger partial charge in [-0.25, -0.2) is 0 Å². The lowest BCUT2D eigenvalue weighted by molar-refractivity contribution is 0.0979. The average Bonchev–Trinajstić information content (AvgIpc) is 3.13. The van der Waals surface area contributed by atoms with Crippen molar-refractivity contribution >= 4 is 34.8 Å². The van der Waals surface area contributed by atoms with E-state index in [0.717, 1.165) is 0 Å². The minimum absolute atomic E-state index is 0.147. The van der Waals surface area contributed by atoms with Crippen LogP contribution in [0.2, 0.25) is 10.0 Å². The maximum absolute atomic E-state index is 12.4. The van der Waals surface area contributed by atoms with Gasteiger partial charge in [-0.3, -0.25) is 4.79 Å². The number of carbonyl (C=O) groups is 1. The molecule has 7 nitrogen and oxygen atoms in total. The van der Waals surface area contributed by atoms with E-state index in [-0.39, 0.29) is 5.82 Å². The number of nitrogens with zero attached hydrogens (tertiary/aromatic N) is 5. The van der Waals surface area contributed by atoms with Gasteiger partial charge in [-0.1, -0.05) is 53.5 Å². The zero-order valence-corrected chi connectivity index (χ0v) is 16.1. The maximum atomic E-state index is 12.4. The Bertz CT molecular complexity index is 1070. The molecule has 3 aromatic rings. The van der Waals surface area contributed by atoms with Crippen molar-refractivity contribution in [2.75, 3.05) is 7.11 Å². The Labute approximate surface area is 170 Å². The van der Waals surface area contributed by atoms with E-state index in [2.05, 4.69) is 15.3 Å². The molecule has 28 heavy (non-hydrogen) atoms. The normalized spacial score (nSPS) is 11.9. The average molecular weight is 414 g/mol. The molecule has 1 atom stereocenters. The van der Waals surface area contributed by atoms with Gasteiger partial charge in [0, 0.05) is 16.7 Å². The molecule has 1 heterocycles. The smallest absolute Gasteiger partial charge is 0.219 e. The van der Waals surface area contributed by atoms with Crippen molar-refractivity contribution in [3.8, 4) is 17.6 Å². The van der Waals surface area contributed by atoms with Crippen LogP contribution in [0.25, 0.3) is 5.69 Å². The van der Waals surface area contributed by atoms with Gasteiger partial charge >= 0.3 is 0 Å². The molecule has 0 aliphatic heterocycles. The molecule has 1 aromatic heterocycles. The van der Waals surface area contributed by atoms with Crippen molar-refractivity contribution in [2.24, 2.45) is 10.2 Å². The quantitative estimate of drug-likeness (QED) is 0.417. The van der Waals surface area contributed by atoms with Gasteiger partial charge in [-0.15, -0.1) is 10.2 Å². The lowest BCUT2D eigenvalue weighted by Gasteiger charge is -2.07. The van der Waals surface area contributed by atoms with E-state index in [4.69, 9.17) is 27.9 Å². The fourth-order valence-corrected chi connectivity index (χ4v) is 2.75. The number of nitriles is 1. The summed E-state index contributed by atoms with van der Waals surface area (Å²) >= 11 is 12.2. The number of rotatable bonds is 6. The van der Waals surface area contributed by atoms with Crippen LogP contribution in [0, 0.1) is 11.3 Å². The predicted octanol–water partition coefficient (Wildman–Crippen LogP) is 5.05. The highest BCUT2D eigenvalue weighted by molar-refractivity contribution is 6.34. The Morgan fingerprint density at radius 1 is 1.21 bits per heavy atom. The van der Waals surface area contributed by atoms with Crippen LogP contribution in [-0.4, -0.2) is 28.7 Å². The number of ether oxygens (including phenoxy) is 1. The van der Waals surface area contributed by atoms with Crippen molar-refractivity contribution in [1.82, 2.24) is 9.78 Å². The molecule has 0 aliphatic rings. The largest absolute Gasteiger partial charge is 0.481 e. The van der Waals surface area contributed by atoms with Crippen LogP contribution >= 0.6 is 23.2 Å². The van der Waals surface area contributed by atoms with E-state index < -0.39 is 11.8 Å². The summed E-state index contributed by atoms with van der Waals surface area (Å²) in [6.07, 6.45) is 0. The standard InChI is InChI=1S/C19H13Cl2N5O2/c1-28-18-10-17(25-26(18)16-9-13(20)7-8-14(16)21)24-23-15(11-22)19(27)12-5-3-2-4-6-12/h2-10,15H,1H3. The Morgan fingerprint density at radius 3 is 2.64 bits per heavy atom. The van der Waals surface area contributed by atoms with Gasteiger partial charge in [0.05, 0.1) is 23.9 Å². The third-order valence-electron chi connectivity index (χ3n) is 3.71. The second-order valence-corrected chi connectivity index (χ2v) is 6.37. The number of ketones is 1. The van der Waals surface area contributed by atoms with Crippen LogP contribution in [0.15, 0.2) is 64.8 Å². The van der Waals surface area contributed by atoms with Crippen LogP contribution < -0.4 is 4.74 Å². The summed E-state index contributed by atoms with van der Waals surface area (Å²) in [6.45, 7) is 0. The van der Waals surface area contributed by atoms with Crippen molar-refractivity contribution < 1.29 is 9.53 Å². The second-order valence-electron chi connectivity index (χ2n) is 5.53. The summed E-state index contributed by atoms with van der Waals surface area (Å²) in [5.74, 6) is 0.0335. The van der Waals surface area contributed by atoms with Crippen LogP contribution in [0.5, 0.6) is 5.88 Å². The van der Waals surface area contributed by atoms with Crippen molar-refractivity contribution in [1.29, 1.82) is 5.26 Å². The molecular weight excluding hydrogens is 401 g/mol. The Morgan fingerprint density at radius 2 is 1.96 bits per heavy atom. The fraction of sp³-hybridized carbons (Fsp3) is 0.105. The molecule has 2 aromatic carbocycles. The molecule has 0 amide bonds. The number of methoxy groups -OCH3 is 1. The van der Waals surface area contributed by atoms with Gasteiger partial charge in [0.2, 0.25) is 17.7 Å². The van der Waals surface area contributed by atoms with Crippen molar-refractivity contribution in [3.63, 3.8) is 0 Å². The first-order chi connectivity index (χ1) is 13.5. The highest BCUT2D eigenvalue weighted by atomic mass is 35.5. The van der Waals surface area contributed by atoms with E-state index >= 15 is 0 Å². The zero-order valence-electron chi connectivity index (χ0n) is 14.6. The summed E-state index contributed by atoms with van der Waals surface area (Å²) < 4.78 is 6.70. The maximum Gasteiger partial charge on any atom is 0.219 e. The molecule has 0 N–H and O–H groups in total. The van der Waals surface area contributed by atoms with E-state index in [1.165, 1.54) is 17.9 Å². The SMILES string of the molecule is COc1cc(N=NC(C#N)C(=O)c2ccccc2)nn1-c1cc(Cl)ccc1Cl. The lowest BCUT2D eigenvalue weighted by Crippen LogP contribution is -2.16. The number of hydrogen-bond donors (Lipinski definition) is 0. The van der Waals surface area contributed by atoms with Gasteiger partial charge in [0.1, 0.15) is 0 Å². The number of halogens is 2.